The van der Waals surface area contributed by atoms with Crippen LogP contribution in [-0.2, 0) is 12.6 Å². The van der Waals surface area contributed by atoms with Crippen molar-refractivity contribution in [3.8, 4) is 0 Å². The SMILES string of the molecule is Nc1cccc(Cc2cccc(C(F)(F)F)c2)c1. The molecule has 0 heterocycles. The molecule has 0 aromatic heterocycles. The lowest BCUT2D eigenvalue weighted by Gasteiger charge is -2.09. The van der Waals surface area contributed by atoms with Crippen molar-refractivity contribution >= 4 is 5.69 Å². The first-order valence-electron chi connectivity index (χ1n) is 5.46. The van der Waals surface area contributed by atoms with Gasteiger partial charge in [0.2, 0.25) is 0 Å². The summed E-state index contributed by atoms with van der Waals surface area (Å²) in [7, 11) is 0. The van der Waals surface area contributed by atoms with E-state index in [4.69, 9.17) is 5.73 Å². The van der Waals surface area contributed by atoms with Crippen molar-refractivity contribution in [2.24, 2.45) is 0 Å². The third-order valence-electron chi connectivity index (χ3n) is 2.61. The van der Waals surface area contributed by atoms with Gasteiger partial charge >= 0.3 is 6.18 Å². The quantitative estimate of drug-likeness (QED) is 0.805. The second kappa shape index (κ2) is 4.72. The summed E-state index contributed by atoms with van der Waals surface area (Å²) >= 11 is 0. The number of nitrogens with two attached hydrogens (primary N) is 1. The van der Waals surface area contributed by atoms with Gasteiger partial charge in [-0.2, -0.15) is 13.2 Å². The highest BCUT2D eigenvalue weighted by Gasteiger charge is 2.30. The van der Waals surface area contributed by atoms with E-state index in [1.165, 1.54) is 12.1 Å². The van der Waals surface area contributed by atoms with E-state index in [0.29, 0.717) is 17.7 Å². The molecule has 0 aliphatic heterocycles. The standard InChI is InChI=1S/C14H12F3N/c15-14(16,17)12-5-1-3-10(8-12)7-11-4-2-6-13(18)9-11/h1-6,8-9H,7,18H2. The minimum Gasteiger partial charge on any atom is -0.399 e. The summed E-state index contributed by atoms with van der Waals surface area (Å²) < 4.78 is 37.7. The van der Waals surface area contributed by atoms with Crippen LogP contribution in [0.2, 0.25) is 0 Å². The highest BCUT2D eigenvalue weighted by atomic mass is 19.4. The Bertz CT molecular complexity index is 547. The molecule has 0 aliphatic rings. The molecule has 1 nitrogen and oxygen atoms in total. The first kappa shape index (κ1) is 12.5. The smallest absolute Gasteiger partial charge is 0.399 e. The van der Waals surface area contributed by atoms with Crippen molar-refractivity contribution in [3.05, 3.63) is 65.2 Å². The molecule has 0 fully saturated rings. The number of alkyl halides is 3. The molecule has 0 radical (unpaired) electrons. The minimum absolute atomic E-state index is 0.439. The number of nitrogen functional groups attached to an aromatic ring is 1. The van der Waals surface area contributed by atoms with Crippen LogP contribution in [0.5, 0.6) is 0 Å². The largest absolute Gasteiger partial charge is 0.416 e. The molecule has 18 heavy (non-hydrogen) atoms. The van der Waals surface area contributed by atoms with Crippen LogP contribution < -0.4 is 5.73 Å². The van der Waals surface area contributed by atoms with E-state index in [0.717, 1.165) is 11.6 Å². The molecular weight excluding hydrogens is 239 g/mol. The zero-order valence-electron chi connectivity index (χ0n) is 9.54. The molecule has 2 aromatic carbocycles. The van der Waals surface area contributed by atoms with E-state index in [9.17, 15) is 13.2 Å². The Morgan fingerprint density at radius 1 is 0.889 bits per heavy atom. The van der Waals surface area contributed by atoms with E-state index >= 15 is 0 Å². The predicted octanol–water partition coefficient (Wildman–Crippen LogP) is 3.88. The van der Waals surface area contributed by atoms with Gasteiger partial charge in [0.15, 0.2) is 0 Å². The Morgan fingerprint density at radius 2 is 1.50 bits per heavy atom. The van der Waals surface area contributed by atoms with Crippen molar-refractivity contribution in [2.75, 3.05) is 5.73 Å². The molecular formula is C14H12F3N. The first-order valence-corrected chi connectivity index (χ1v) is 5.46. The molecule has 0 saturated heterocycles. The average Bonchev–Trinajstić information content (AvgIpc) is 2.28. The summed E-state index contributed by atoms with van der Waals surface area (Å²) in [4.78, 5) is 0. The summed E-state index contributed by atoms with van der Waals surface area (Å²) in [6.45, 7) is 0. The maximum Gasteiger partial charge on any atom is 0.416 e. The van der Waals surface area contributed by atoms with Crippen LogP contribution in [0.3, 0.4) is 0 Å². The number of hydrogen-bond donors (Lipinski definition) is 1. The van der Waals surface area contributed by atoms with Gasteiger partial charge in [0.05, 0.1) is 5.56 Å². The van der Waals surface area contributed by atoms with Gasteiger partial charge in [-0.25, -0.2) is 0 Å². The zero-order valence-corrected chi connectivity index (χ0v) is 9.54. The van der Waals surface area contributed by atoms with Crippen molar-refractivity contribution < 1.29 is 13.2 Å². The Kier molecular flexibility index (Phi) is 3.28. The van der Waals surface area contributed by atoms with Gasteiger partial charge in [0.1, 0.15) is 0 Å². The van der Waals surface area contributed by atoms with Gasteiger partial charge in [-0.05, 0) is 35.7 Å². The molecule has 0 amide bonds. The van der Waals surface area contributed by atoms with Crippen molar-refractivity contribution in [1.82, 2.24) is 0 Å². The maximum atomic E-state index is 12.6. The molecule has 94 valence electrons. The van der Waals surface area contributed by atoms with E-state index < -0.39 is 11.7 Å². The fourth-order valence-corrected chi connectivity index (χ4v) is 1.80. The van der Waals surface area contributed by atoms with Gasteiger partial charge in [0.25, 0.3) is 0 Å². The Morgan fingerprint density at radius 3 is 2.11 bits per heavy atom. The highest BCUT2D eigenvalue weighted by molar-refractivity contribution is 5.42. The molecule has 0 aliphatic carbocycles. The van der Waals surface area contributed by atoms with Crippen LogP contribution in [0.4, 0.5) is 18.9 Å². The Balaban J connectivity index is 2.25. The van der Waals surface area contributed by atoms with Gasteiger partial charge in [-0.15, -0.1) is 0 Å². The summed E-state index contributed by atoms with van der Waals surface area (Å²) in [5.74, 6) is 0. The van der Waals surface area contributed by atoms with Gasteiger partial charge in [-0.1, -0.05) is 30.3 Å². The number of halogens is 3. The van der Waals surface area contributed by atoms with Gasteiger partial charge < -0.3 is 5.73 Å². The lowest BCUT2D eigenvalue weighted by atomic mass is 10.0. The number of hydrogen-bond acceptors (Lipinski definition) is 1. The normalized spacial score (nSPS) is 11.5. The summed E-state index contributed by atoms with van der Waals surface area (Å²) in [6, 6.07) is 12.5. The Labute approximate surface area is 103 Å². The fourth-order valence-electron chi connectivity index (χ4n) is 1.80. The lowest BCUT2D eigenvalue weighted by Crippen LogP contribution is -2.05. The van der Waals surface area contributed by atoms with Crippen LogP contribution in [0.15, 0.2) is 48.5 Å². The minimum atomic E-state index is -4.30. The van der Waals surface area contributed by atoms with E-state index in [-0.39, 0.29) is 0 Å². The first-order chi connectivity index (χ1) is 8.45. The second-order valence-electron chi connectivity index (χ2n) is 4.12. The number of benzene rings is 2. The summed E-state index contributed by atoms with van der Waals surface area (Å²) in [6.07, 6.45) is -3.86. The van der Waals surface area contributed by atoms with Crippen LogP contribution in [0, 0.1) is 0 Å². The van der Waals surface area contributed by atoms with E-state index in [1.807, 2.05) is 6.07 Å². The van der Waals surface area contributed by atoms with Crippen molar-refractivity contribution in [2.45, 2.75) is 12.6 Å². The third kappa shape index (κ3) is 3.03. The molecule has 2 rings (SSSR count). The van der Waals surface area contributed by atoms with Crippen molar-refractivity contribution in [3.63, 3.8) is 0 Å². The number of rotatable bonds is 2. The topological polar surface area (TPSA) is 26.0 Å². The third-order valence-corrected chi connectivity index (χ3v) is 2.61. The molecule has 0 atom stereocenters. The van der Waals surface area contributed by atoms with Crippen LogP contribution >= 0.6 is 0 Å². The molecule has 2 N–H and O–H groups in total. The van der Waals surface area contributed by atoms with Gasteiger partial charge in [-0.3, -0.25) is 0 Å². The maximum absolute atomic E-state index is 12.6. The van der Waals surface area contributed by atoms with Gasteiger partial charge in [0, 0.05) is 5.69 Å². The molecule has 0 bridgehead atoms. The van der Waals surface area contributed by atoms with E-state index in [1.54, 1.807) is 24.3 Å². The predicted molar refractivity (Wildman–Crippen MR) is 65.1 cm³/mol. The average molecular weight is 251 g/mol. The monoisotopic (exact) mass is 251 g/mol. The molecule has 0 saturated carbocycles. The molecule has 0 spiro atoms. The Hall–Kier alpha value is -1.97. The molecule has 2 aromatic rings. The summed E-state index contributed by atoms with van der Waals surface area (Å²) in [5.41, 5.74) is 7.14. The second-order valence-corrected chi connectivity index (χ2v) is 4.12. The van der Waals surface area contributed by atoms with Crippen LogP contribution in [-0.4, -0.2) is 0 Å². The van der Waals surface area contributed by atoms with Crippen molar-refractivity contribution in [1.29, 1.82) is 0 Å². The lowest BCUT2D eigenvalue weighted by molar-refractivity contribution is -0.137. The summed E-state index contributed by atoms with van der Waals surface area (Å²) in [5, 5.41) is 0. The molecule has 0 unspecified atom stereocenters. The van der Waals surface area contributed by atoms with Crippen LogP contribution in [0.25, 0.3) is 0 Å². The number of anilines is 1. The highest BCUT2D eigenvalue weighted by Crippen LogP contribution is 2.30. The fraction of sp³-hybridized carbons (Fsp3) is 0.143. The zero-order chi connectivity index (χ0) is 13.2. The van der Waals surface area contributed by atoms with Crippen LogP contribution in [0.1, 0.15) is 16.7 Å². The van der Waals surface area contributed by atoms with E-state index in [2.05, 4.69) is 0 Å². The molecule has 4 heteroatoms.